The Morgan fingerprint density at radius 2 is 2.00 bits per heavy atom. The Morgan fingerprint density at radius 3 is 2.64 bits per heavy atom. The molecule has 2 aromatic rings. The van der Waals surface area contributed by atoms with Crippen molar-refractivity contribution < 1.29 is 14.3 Å². The quantitative estimate of drug-likeness (QED) is 0.772. The standard InChI is InChI=1S/C14H14N4O4/c1-2-22-12(19)9-17-14(21)18-11(15-17)8-16(13(18)20)10-6-4-3-5-7-10/h3-7H,2,8-9H2,1H3. The van der Waals surface area contributed by atoms with E-state index in [4.69, 9.17) is 4.74 Å². The van der Waals surface area contributed by atoms with E-state index >= 15 is 0 Å². The number of aromatic nitrogens is 3. The summed E-state index contributed by atoms with van der Waals surface area (Å²) in [4.78, 5) is 37.4. The molecule has 2 heterocycles. The molecule has 1 aliphatic rings. The van der Waals surface area contributed by atoms with Crippen LogP contribution in [0.25, 0.3) is 0 Å². The fourth-order valence-electron chi connectivity index (χ4n) is 2.32. The molecule has 22 heavy (non-hydrogen) atoms. The maximum Gasteiger partial charge on any atom is 0.354 e. The van der Waals surface area contributed by atoms with Crippen LogP contribution in [0.1, 0.15) is 12.7 Å². The van der Waals surface area contributed by atoms with Crippen LogP contribution in [-0.4, -0.2) is 33.0 Å². The second kappa shape index (κ2) is 5.47. The van der Waals surface area contributed by atoms with Crippen molar-refractivity contribution in [2.24, 2.45) is 0 Å². The third kappa shape index (κ3) is 2.28. The van der Waals surface area contributed by atoms with Crippen molar-refractivity contribution >= 4 is 17.7 Å². The summed E-state index contributed by atoms with van der Waals surface area (Å²) in [5.74, 6) is -0.253. The molecule has 0 atom stereocenters. The number of nitrogens with zero attached hydrogens (tertiary/aromatic N) is 4. The Labute approximate surface area is 125 Å². The molecule has 0 saturated heterocycles. The van der Waals surface area contributed by atoms with Crippen LogP contribution in [0.5, 0.6) is 0 Å². The smallest absolute Gasteiger partial charge is 0.354 e. The monoisotopic (exact) mass is 302 g/mol. The zero-order chi connectivity index (χ0) is 15.7. The molecule has 1 aromatic heterocycles. The number of esters is 1. The molecule has 0 unspecified atom stereocenters. The maximum absolute atomic E-state index is 12.4. The van der Waals surface area contributed by atoms with Gasteiger partial charge in [0.05, 0.1) is 13.2 Å². The van der Waals surface area contributed by atoms with Gasteiger partial charge in [0.15, 0.2) is 5.82 Å². The molecular formula is C14H14N4O4. The minimum Gasteiger partial charge on any atom is -0.465 e. The highest BCUT2D eigenvalue weighted by Gasteiger charge is 2.33. The van der Waals surface area contributed by atoms with Gasteiger partial charge in [0.1, 0.15) is 6.54 Å². The molecule has 8 nitrogen and oxygen atoms in total. The maximum atomic E-state index is 12.4. The van der Waals surface area contributed by atoms with E-state index in [2.05, 4.69) is 5.10 Å². The number of amides is 1. The van der Waals surface area contributed by atoms with Gasteiger partial charge in [-0.05, 0) is 19.1 Å². The number of benzene rings is 1. The number of carbonyl (C=O) groups is 2. The van der Waals surface area contributed by atoms with E-state index in [1.54, 1.807) is 19.1 Å². The Hall–Kier alpha value is -2.90. The van der Waals surface area contributed by atoms with Crippen molar-refractivity contribution in [3.63, 3.8) is 0 Å². The molecule has 0 bridgehead atoms. The van der Waals surface area contributed by atoms with E-state index in [9.17, 15) is 14.4 Å². The summed E-state index contributed by atoms with van der Waals surface area (Å²) in [6, 6.07) is 8.55. The second-order valence-corrected chi connectivity index (χ2v) is 4.70. The first-order chi connectivity index (χ1) is 10.6. The van der Waals surface area contributed by atoms with Crippen LogP contribution in [0, 0.1) is 0 Å². The molecule has 0 N–H and O–H groups in total. The minimum atomic E-state index is -0.633. The number of hydrogen-bond donors (Lipinski definition) is 0. The first-order valence-corrected chi connectivity index (χ1v) is 6.83. The molecule has 1 aromatic carbocycles. The molecule has 0 aliphatic carbocycles. The molecular weight excluding hydrogens is 288 g/mol. The van der Waals surface area contributed by atoms with E-state index in [-0.39, 0.29) is 19.7 Å². The highest BCUT2D eigenvalue weighted by atomic mass is 16.5. The van der Waals surface area contributed by atoms with Gasteiger partial charge in [0.25, 0.3) is 0 Å². The topological polar surface area (TPSA) is 86.4 Å². The van der Waals surface area contributed by atoms with Crippen molar-refractivity contribution in [3.05, 3.63) is 46.6 Å². The summed E-state index contributed by atoms with van der Waals surface area (Å²) in [6.07, 6.45) is 0. The van der Waals surface area contributed by atoms with Crippen LogP contribution in [0.4, 0.5) is 10.5 Å². The summed E-state index contributed by atoms with van der Waals surface area (Å²) in [5.41, 5.74) is 0.0563. The van der Waals surface area contributed by atoms with Gasteiger partial charge in [-0.3, -0.25) is 9.69 Å². The van der Waals surface area contributed by atoms with Crippen LogP contribution in [0.3, 0.4) is 0 Å². The summed E-state index contributed by atoms with van der Waals surface area (Å²) in [5, 5.41) is 4.04. The lowest BCUT2D eigenvalue weighted by Crippen LogP contribution is -2.36. The normalized spacial score (nSPS) is 13.3. The predicted octanol–water partition coefficient (Wildman–Crippen LogP) is 0.596. The van der Waals surface area contributed by atoms with E-state index in [0.717, 1.165) is 9.25 Å². The van der Waals surface area contributed by atoms with Crippen molar-refractivity contribution in [2.45, 2.75) is 20.0 Å². The highest BCUT2D eigenvalue weighted by molar-refractivity contribution is 5.96. The number of fused-ring (bicyclic) bond motifs is 1. The van der Waals surface area contributed by atoms with E-state index in [1.807, 2.05) is 18.2 Å². The van der Waals surface area contributed by atoms with Crippen molar-refractivity contribution in [1.82, 2.24) is 14.3 Å². The third-order valence-electron chi connectivity index (χ3n) is 3.28. The first kappa shape index (κ1) is 14.1. The fraction of sp³-hybridized carbons (Fsp3) is 0.286. The zero-order valence-corrected chi connectivity index (χ0v) is 11.9. The van der Waals surface area contributed by atoms with Crippen molar-refractivity contribution in [2.75, 3.05) is 11.5 Å². The van der Waals surface area contributed by atoms with Gasteiger partial charge >= 0.3 is 17.7 Å². The molecule has 1 aliphatic heterocycles. The summed E-state index contributed by atoms with van der Waals surface area (Å²) < 4.78 is 6.71. The molecule has 0 spiro atoms. The van der Waals surface area contributed by atoms with Gasteiger partial charge in [0.2, 0.25) is 0 Å². The van der Waals surface area contributed by atoms with Gasteiger partial charge in [-0.25, -0.2) is 14.3 Å². The fourth-order valence-corrected chi connectivity index (χ4v) is 2.32. The van der Waals surface area contributed by atoms with Gasteiger partial charge < -0.3 is 4.74 Å². The second-order valence-electron chi connectivity index (χ2n) is 4.70. The number of rotatable bonds is 4. The van der Waals surface area contributed by atoms with Crippen LogP contribution < -0.4 is 10.6 Å². The molecule has 0 radical (unpaired) electrons. The lowest BCUT2D eigenvalue weighted by molar-refractivity contribution is -0.144. The Kier molecular flexibility index (Phi) is 3.50. The average molecular weight is 302 g/mol. The van der Waals surface area contributed by atoms with Crippen LogP contribution in [0.15, 0.2) is 35.1 Å². The van der Waals surface area contributed by atoms with Crippen LogP contribution in [-0.2, 0) is 22.6 Å². The van der Waals surface area contributed by atoms with E-state index in [1.165, 1.54) is 4.90 Å². The highest BCUT2D eigenvalue weighted by Crippen LogP contribution is 2.21. The minimum absolute atomic E-state index is 0.188. The number of ether oxygens (including phenoxy) is 1. The van der Waals surface area contributed by atoms with E-state index in [0.29, 0.717) is 11.5 Å². The SMILES string of the molecule is CCOC(=O)Cn1nc2n(c1=O)C(=O)N(c1ccccc1)C2. The number of carbonyl (C=O) groups excluding carboxylic acids is 2. The van der Waals surface area contributed by atoms with Gasteiger partial charge in [-0.1, -0.05) is 18.2 Å². The summed E-state index contributed by atoms with van der Waals surface area (Å²) in [7, 11) is 0. The molecule has 114 valence electrons. The van der Waals surface area contributed by atoms with Crippen LogP contribution >= 0.6 is 0 Å². The zero-order valence-electron chi connectivity index (χ0n) is 11.9. The molecule has 0 saturated carbocycles. The third-order valence-corrected chi connectivity index (χ3v) is 3.28. The van der Waals surface area contributed by atoms with Crippen molar-refractivity contribution in [1.29, 1.82) is 0 Å². The van der Waals surface area contributed by atoms with Gasteiger partial charge in [-0.15, -0.1) is 0 Å². The van der Waals surface area contributed by atoms with Crippen LogP contribution in [0.2, 0.25) is 0 Å². The Morgan fingerprint density at radius 1 is 1.27 bits per heavy atom. The Bertz CT molecular complexity index is 778. The summed E-state index contributed by atoms with van der Waals surface area (Å²) >= 11 is 0. The lowest BCUT2D eigenvalue weighted by Gasteiger charge is -2.14. The average Bonchev–Trinajstić information content (AvgIpc) is 2.98. The Balaban J connectivity index is 1.87. The molecule has 3 rings (SSSR count). The molecule has 0 fully saturated rings. The number of para-hydroxylation sites is 1. The number of hydrogen-bond acceptors (Lipinski definition) is 5. The molecule has 1 amide bonds. The largest absolute Gasteiger partial charge is 0.465 e. The molecule has 8 heteroatoms. The van der Waals surface area contributed by atoms with Gasteiger partial charge in [-0.2, -0.15) is 9.67 Å². The predicted molar refractivity (Wildman–Crippen MR) is 76.5 cm³/mol. The first-order valence-electron chi connectivity index (χ1n) is 6.83. The lowest BCUT2D eigenvalue weighted by atomic mass is 10.3. The van der Waals surface area contributed by atoms with Crippen molar-refractivity contribution in [3.8, 4) is 0 Å². The summed E-state index contributed by atoms with van der Waals surface area (Å²) in [6.45, 7) is 1.79. The van der Waals surface area contributed by atoms with E-state index < -0.39 is 17.7 Å². The van der Waals surface area contributed by atoms with Gasteiger partial charge in [0, 0.05) is 5.69 Å². The number of anilines is 1.